The van der Waals surface area contributed by atoms with Gasteiger partial charge < -0.3 is 19.8 Å². The van der Waals surface area contributed by atoms with Crippen molar-refractivity contribution >= 4 is 16.8 Å². The summed E-state index contributed by atoms with van der Waals surface area (Å²) in [4.78, 5) is 9.61. The minimum Gasteiger partial charge on any atom is -0.358 e. The number of hydrogen-bond acceptors (Lipinski definition) is 6. The molecular weight excluding hydrogens is 233 g/mol. The first-order valence-corrected chi connectivity index (χ1v) is 4.51. The van der Waals surface area contributed by atoms with E-state index in [2.05, 4.69) is 10.3 Å². The van der Waals surface area contributed by atoms with Gasteiger partial charge in [0.2, 0.25) is 0 Å². The summed E-state index contributed by atoms with van der Waals surface area (Å²) in [5.41, 5.74) is 0.394. The molecule has 2 rings (SSSR count). The van der Waals surface area contributed by atoms with Gasteiger partial charge in [0.05, 0.1) is 0 Å². The molecule has 0 spiro atoms. The van der Waals surface area contributed by atoms with Crippen molar-refractivity contribution in [2.75, 3.05) is 0 Å². The van der Waals surface area contributed by atoms with Gasteiger partial charge in [-0.05, 0) is 17.1 Å². The van der Waals surface area contributed by atoms with E-state index >= 15 is 0 Å². The molecule has 1 aromatic heterocycles. The standard InChI is InChI=1S/C9H6FN3O4/c10-5-1-2-6-7(12-17-8(6)3-5)4-9(11-14)13(15)16/h1-3,14H,4H2/b11-9-. The molecule has 0 atom stereocenters. The number of rotatable bonds is 2. The summed E-state index contributed by atoms with van der Waals surface area (Å²) in [5.74, 6) is -1.16. The Labute approximate surface area is 93.3 Å². The maximum absolute atomic E-state index is 12.8. The highest BCUT2D eigenvalue weighted by molar-refractivity contribution is 5.85. The molecule has 0 radical (unpaired) electrons. The first-order valence-electron chi connectivity index (χ1n) is 4.51. The summed E-state index contributed by atoms with van der Waals surface area (Å²) >= 11 is 0. The van der Waals surface area contributed by atoms with Crippen LogP contribution in [-0.2, 0) is 6.42 Å². The quantitative estimate of drug-likeness (QED) is 0.282. The van der Waals surface area contributed by atoms with Crippen molar-refractivity contribution in [3.8, 4) is 0 Å². The zero-order valence-electron chi connectivity index (χ0n) is 8.33. The largest absolute Gasteiger partial charge is 0.391 e. The van der Waals surface area contributed by atoms with Crippen LogP contribution in [0.3, 0.4) is 0 Å². The van der Waals surface area contributed by atoms with E-state index in [-0.39, 0.29) is 17.7 Å². The molecule has 0 saturated heterocycles. The molecule has 0 saturated carbocycles. The Morgan fingerprint density at radius 1 is 1.65 bits per heavy atom. The lowest BCUT2D eigenvalue weighted by atomic mass is 10.1. The lowest BCUT2D eigenvalue weighted by Gasteiger charge is -1.94. The topological polar surface area (TPSA) is 102 Å². The predicted molar refractivity (Wildman–Crippen MR) is 53.9 cm³/mol. The van der Waals surface area contributed by atoms with E-state index in [1.54, 1.807) is 0 Å². The Morgan fingerprint density at radius 3 is 3.06 bits per heavy atom. The number of hydrogen-bond donors (Lipinski definition) is 1. The van der Waals surface area contributed by atoms with Crippen LogP contribution in [0, 0.1) is 15.9 Å². The number of nitro groups is 1. The lowest BCUT2D eigenvalue weighted by Crippen LogP contribution is -2.15. The van der Waals surface area contributed by atoms with E-state index in [1.807, 2.05) is 0 Å². The second kappa shape index (κ2) is 4.16. The van der Waals surface area contributed by atoms with Gasteiger partial charge in [-0.1, -0.05) is 5.16 Å². The van der Waals surface area contributed by atoms with Crippen molar-refractivity contribution in [3.63, 3.8) is 0 Å². The van der Waals surface area contributed by atoms with Crippen LogP contribution in [0.25, 0.3) is 11.0 Å². The number of amidine groups is 1. The molecule has 0 aliphatic rings. The van der Waals surface area contributed by atoms with Crippen LogP contribution in [0.2, 0.25) is 0 Å². The molecule has 1 aromatic carbocycles. The first-order chi connectivity index (χ1) is 8.11. The van der Waals surface area contributed by atoms with Crippen LogP contribution in [0.1, 0.15) is 5.69 Å². The molecule has 0 fully saturated rings. The normalized spacial score (nSPS) is 11.9. The minimum atomic E-state index is -0.829. The van der Waals surface area contributed by atoms with Crippen LogP contribution in [0.4, 0.5) is 4.39 Å². The fraction of sp³-hybridized carbons (Fsp3) is 0.111. The Hall–Kier alpha value is -2.51. The SMILES string of the molecule is O=[N+]([O-])/C(Cc1noc2cc(F)ccc12)=N\O. The van der Waals surface area contributed by atoms with Crippen LogP contribution in [0.5, 0.6) is 0 Å². The highest BCUT2D eigenvalue weighted by Crippen LogP contribution is 2.20. The monoisotopic (exact) mass is 239 g/mol. The van der Waals surface area contributed by atoms with Crippen molar-refractivity contribution in [2.24, 2.45) is 5.16 Å². The Kier molecular flexibility index (Phi) is 2.69. The molecule has 1 heterocycles. The molecular formula is C9H6FN3O4. The fourth-order valence-corrected chi connectivity index (χ4v) is 1.38. The number of benzene rings is 1. The molecule has 0 bridgehead atoms. The third-order valence-corrected chi connectivity index (χ3v) is 2.16. The number of aromatic nitrogens is 1. The Balaban J connectivity index is 2.40. The summed E-state index contributed by atoms with van der Waals surface area (Å²) in [7, 11) is 0. The summed E-state index contributed by atoms with van der Waals surface area (Å²) in [6.07, 6.45) is -0.303. The van der Waals surface area contributed by atoms with E-state index in [9.17, 15) is 14.5 Å². The van der Waals surface area contributed by atoms with Gasteiger partial charge in [0.25, 0.3) is 0 Å². The predicted octanol–water partition coefficient (Wildman–Crippen LogP) is 1.57. The summed E-state index contributed by atoms with van der Waals surface area (Å²) in [5, 5.41) is 25.4. The lowest BCUT2D eigenvalue weighted by molar-refractivity contribution is -0.355. The first kappa shape index (κ1) is 11.0. The average Bonchev–Trinajstić information content (AvgIpc) is 2.67. The average molecular weight is 239 g/mol. The summed E-state index contributed by atoms with van der Waals surface area (Å²) in [6.45, 7) is 0. The molecule has 8 heteroatoms. The van der Waals surface area contributed by atoms with Gasteiger partial charge in [-0.2, -0.15) is 0 Å². The van der Waals surface area contributed by atoms with Gasteiger partial charge in [-0.25, -0.2) is 4.39 Å². The van der Waals surface area contributed by atoms with Crippen LogP contribution in [0.15, 0.2) is 27.9 Å². The van der Waals surface area contributed by atoms with E-state index in [4.69, 9.17) is 9.73 Å². The smallest absolute Gasteiger partial charge is 0.358 e. The third-order valence-electron chi connectivity index (χ3n) is 2.16. The maximum Gasteiger partial charge on any atom is 0.391 e. The molecule has 0 unspecified atom stereocenters. The van der Waals surface area contributed by atoms with Crippen molar-refractivity contribution < 1.29 is 19.0 Å². The van der Waals surface area contributed by atoms with Crippen molar-refractivity contribution in [3.05, 3.63) is 39.8 Å². The van der Waals surface area contributed by atoms with Gasteiger partial charge in [0.15, 0.2) is 10.7 Å². The van der Waals surface area contributed by atoms with Crippen LogP contribution < -0.4 is 0 Å². The third kappa shape index (κ3) is 2.05. The number of halogens is 1. The second-order valence-electron chi connectivity index (χ2n) is 3.22. The van der Waals surface area contributed by atoms with Crippen molar-refractivity contribution in [1.82, 2.24) is 5.16 Å². The summed E-state index contributed by atoms with van der Waals surface area (Å²) in [6, 6.07) is 3.70. The van der Waals surface area contributed by atoms with Gasteiger partial charge in [0, 0.05) is 11.5 Å². The highest BCUT2D eigenvalue weighted by Gasteiger charge is 2.19. The van der Waals surface area contributed by atoms with Gasteiger partial charge in [-0.15, -0.1) is 0 Å². The number of fused-ring (bicyclic) bond motifs is 1. The molecule has 1 N–H and O–H groups in total. The van der Waals surface area contributed by atoms with Gasteiger partial charge in [-0.3, -0.25) is 0 Å². The van der Waals surface area contributed by atoms with E-state index < -0.39 is 16.6 Å². The summed E-state index contributed by atoms with van der Waals surface area (Å²) < 4.78 is 17.6. The molecule has 0 aliphatic heterocycles. The number of oxime groups is 1. The van der Waals surface area contributed by atoms with Gasteiger partial charge in [0.1, 0.15) is 17.9 Å². The van der Waals surface area contributed by atoms with Gasteiger partial charge >= 0.3 is 5.84 Å². The van der Waals surface area contributed by atoms with E-state index in [0.717, 1.165) is 6.07 Å². The zero-order chi connectivity index (χ0) is 12.4. The van der Waals surface area contributed by atoms with E-state index in [1.165, 1.54) is 12.1 Å². The highest BCUT2D eigenvalue weighted by atomic mass is 19.1. The zero-order valence-corrected chi connectivity index (χ0v) is 8.33. The van der Waals surface area contributed by atoms with E-state index in [0.29, 0.717) is 5.39 Å². The molecule has 17 heavy (non-hydrogen) atoms. The van der Waals surface area contributed by atoms with Crippen molar-refractivity contribution in [2.45, 2.75) is 6.42 Å². The molecule has 0 amide bonds. The fourth-order valence-electron chi connectivity index (χ4n) is 1.38. The van der Waals surface area contributed by atoms with Crippen LogP contribution in [-0.4, -0.2) is 21.1 Å². The molecule has 88 valence electrons. The molecule has 2 aromatic rings. The Bertz CT molecular complexity index is 607. The van der Waals surface area contributed by atoms with Crippen molar-refractivity contribution in [1.29, 1.82) is 0 Å². The second-order valence-corrected chi connectivity index (χ2v) is 3.22. The molecule has 0 aliphatic carbocycles. The number of nitrogens with zero attached hydrogens (tertiary/aromatic N) is 3. The molecule has 7 nitrogen and oxygen atoms in total. The van der Waals surface area contributed by atoms with Crippen LogP contribution >= 0.6 is 0 Å². The maximum atomic E-state index is 12.8. The minimum absolute atomic E-state index is 0.181. The Morgan fingerprint density at radius 2 is 2.41 bits per heavy atom.